The summed E-state index contributed by atoms with van der Waals surface area (Å²) in [5.41, 5.74) is 0.0493. The van der Waals surface area contributed by atoms with Crippen molar-refractivity contribution >= 4 is 5.91 Å². The number of amides is 1. The van der Waals surface area contributed by atoms with Gasteiger partial charge < -0.3 is 25.2 Å². The largest absolute Gasteiger partial charge is 0.504 e. The molecule has 0 aliphatic rings. The van der Waals surface area contributed by atoms with Crippen molar-refractivity contribution in [3.05, 3.63) is 23.8 Å². The highest BCUT2D eigenvalue weighted by Crippen LogP contribution is 2.27. The third-order valence-electron chi connectivity index (χ3n) is 2.47. The number of nitrogens with zero attached hydrogens (tertiary/aromatic N) is 1. The molecule has 0 fully saturated rings. The van der Waals surface area contributed by atoms with E-state index in [-0.39, 0.29) is 11.3 Å². The fourth-order valence-corrected chi connectivity index (χ4v) is 1.40. The number of para-hydroxylation sites is 1. The summed E-state index contributed by atoms with van der Waals surface area (Å²) >= 11 is 0. The number of rotatable bonds is 7. The molecule has 0 unspecified atom stereocenters. The molecular weight excluding hydrogens is 248 g/mol. The molecule has 0 aliphatic heterocycles. The van der Waals surface area contributed by atoms with E-state index in [0.29, 0.717) is 19.8 Å². The summed E-state index contributed by atoms with van der Waals surface area (Å²) in [7, 11) is 3.91. The lowest BCUT2D eigenvalue weighted by atomic mass is 10.1. The van der Waals surface area contributed by atoms with Crippen molar-refractivity contribution < 1.29 is 19.7 Å². The van der Waals surface area contributed by atoms with Gasteiger partial charge in [0, 0.05) is 13.1 Å². The Hall–Kier alpha value is -1.79. The summed E-state index contributed by atoms with van der Waals surface area (Å²) < 4.78 is 5.32. The Morgan fingerprint density at radius 3 is 2.74 bits per heavy atom. The summed E-state index contributed by atoms with van der Waals surface area (Å²) in [5, 5.41) is 21.4. The Morgan fingerprint density at radius 1 is 1.32 bits per heavy atom. The van der Waals surface area contributed by atoms with Gasteiger partial charge in [0.25, 0.3) is 5.91 Å². The molecule has 0 atom stereocenters. The van der Waals surface area contributed by atoms with Crippen molar-refractivity contribution in [1.82, 2.24) is 10.2 Å². The normalized spacial score (nSPS) is 10.7. The number of carbonyl (C=O) groups excluding carboxylic acids is 1. The molecule has 0 bridgehead atoms. The fraction of sp³-hybridized carbons (Fsp3) is 0.462. The lowest BCUT2D eigenvalue weighted by molar-refractivity contribution is 0.0897. The first-order chi connectivity index (χ1) is 9.02. The van der Waals surface area contributed by atoms with Gasteiger partial charge in [-0.15, -0.1) is 0 Å². The van der Waals surface area contributed by atoms with E-state index >= 15 is 0 Å². The Labute approximate surface area is 112 Å². The predicted octanol–water partition coefficient (Wildman–Crippen LogP) is 0.406. The van der Waals surface area contributed by atoms with Gasteiger partial charge in [-0.25, -0.2) is 0 Å². The van der Waals surface area contributed by atoms with E-state index in [2.05, 4.69) is 5.32 Å². The average molecular weight is 268 g/mol. The molecule has 6 heteroatoms. The summed E-state index contributed by atoms with van der Waals surface area (Å²) in [4.78, 5) is 13.7. The van der Waals surface area contributed by atoms with Crippen molar-refractivity contribution in [2.75, 3.05) is 40.4 Å². The standard InChI is InChI=1S/C13H20N2O4/c1-15(2)7-9-19-8-6-14-13(18)10-4-3-5-11(16)12(10)17/h3-5,16-17H,6-9H2,1-2H3,(H,14,18). The second-order valence-corrected chi connectivity index (χ2v) is 4.34. The number of nitrogens with one attached hydrogen (secondary N) is 1. The van der Waals surface area contributed by atoms with Crippen molar-refractivity contribution in [3.8, 4) is 11.5 Å². The Balaban J connectivity index is 2.30. The molecule has 0 radical (unpaired) electrons. The molecule has 0 spiro atoms. The zero-order valence-corrected chi connectivity index (χ0v) is 11.2. The average Bonchev–Trinajstić information content (AvgIpc) is 2.36. The van der Waals surface area contributed by atoms with Crippen LogP contribution in [0.2, 0.25) is 0 Å². The maximum atomic E-state index is 11.7. The van der Waals surface area contributed by atoms with Gasteiger partial charge in [-0.1, -0.05) is 6.07 Å². The number of hydrogen-bond donors (Lipinski definition) is 3. The van der Waals surface area contributed by atoms with Crippen molar-refractivity contribution in [1.29, 1.82) is 0 Å². The van der Waals surface area contributed by atoms with Crippen LogP contribution in [0.3, 0.4) is 0 Å². The van der Waals surface area contributed by atoms with Gasteiger partial charge in [-0.05, 0) is 26.2 Å². The molecule has 106 valence electrons. The number of likely N-dealkylation sites (N-methyl/N-ethyl adjacent to an activating group) is 1. The smallest absolute Gasteiger partial charge is 0.255 e. The monoisotopic (exact) mass is 268 g/mol. The molecule has 0 aliphatic carbocycles. The van der Waals surface area contributed by atoms with Crippen LogP contribution in [0.25, 0.3) is 0 Å². The first-order valence-corrected chi connectivity index (χ1v) is 6.04. The lowest BCUT2D eigenvalue weighted by Gasteiger charge is -2.10. The summed E-state index contributed by atoms with van der Waals surface area (Å²) in [6.45, 7) is 2.17. The molecule has 1 rings (SSSR count). The van der Waals surface area contributed by atoms with E-state index in [1.54, 1.807) is 0 Å². The molecule has 1 aromatic carbocycles. The van der Waals surface area contributed by atoms with Gasteiger partial charge in [-0.3, -0.25) is 4.79 Å². The molecule has 0 heterocycles. The lowest BCUT2D eigenvalue weighted by Crippen LogP contribution is -2.28. The van der Waals surface area contributed by atoms with Crippen LogP contribution in [0, 0.1) is 0 Å². The molecule has 1 aromatic rings. The molecule has 0 saturated carbocycles. The first kappa shape index (κ1) is 15.3. The van der Waals surface area contributed by atoms with Gasteiger partial charge in [0.05, 0.1) is 18.8 Å². The quantitative estimate of drug-likeness (QED) is 0.493. The van der Waals surface area contributed by atoms with Crippen LogP contribution in [0.5, 0.6) is 11.5 Å². The molecule has 0 saturated heterocycles. The number of ether oxygens (including phenoxy) is 1. The van der Waals surface area contributed by atoms with Gasteiger partial charge in [0.15, 0.2) is 11.5 Å². The van der Waals surface area contributed by atoms with Gasteiger partial charge in [0.1, 0.15) is 0 Å². The van der Waals surface area contributed by atoms with E-state index in [4.69, 9.17) is 4.74 Å². The van der Waals surface area contributed by atoms with E-state index in [1.165, 1.54) is 18.2 Å². The minimum Gasteiger partial charge on any atom is -0.504 e. The molecular formula is C13H20N2O4. The number of phenolic OH excluding ortho intramolecular Hbond substituents is 2. The molecule has 19 heavy (non-hydrogen) atoms. The van der Waals surface area contributed by atoms with Gasteiger partial charge in [0.2, 0.25) is 0 Å². The molecule has 0 aromatic heterocycles. The van der Waals surface area contributed by atoms with Gasteiger partial charge in [-0.2, -0.15) is 0 Å². The number of benzene rings is 1. The minimum absolute atomic E-state index is 0.0493. The molecule has 1 amide bonds. The first-order valence-electron chi connectivity index (χ1n) is 6.04. The van der Waals surface area contributed by atoms with E-state index in [9.17, 15) is 15.0 Å². The zero-order valence-electron chi connectivity index (χ0n) is 11.2. The van der Waals surface area contributed by atoms with Gasteiger partial charge >= 0.3 is 0 Å². The highest BCUT2D eigenvalue weighted by molar-refractivity contribution is 5.97. The topological polar surface area (TPSA) is 82.0 Å². The minimum atomic E-state index is -0.440. The van der Waals surface area contributed by atoms with Crippen LogP contribution in [0.4, 0.5) is 0 Å². The predicted molar refractivity (Wildman–Crippen MR) is 71.5 cm³/mol. The van der Waals surface area contributed by atoms with Crippen molar-refractivity contribution in [2.24, 2.45) is 0 Å². The molecule has 6 nitrogen and oxygen atoms in total. The second kappa shape index (κ2) is 7.60. The number of hydrogen-bond acceptors (Lipinski definition) is 5. The highest BCUT2D eigenvalue weighted by atomic mass is 16.5. The summed E-state index contributed by atoms with van der Waals surface area (Å²) in [6, 6.07) is 4.26. The maximum Gasteiger partial charge on any atom is 0.255 e. The third-order valence-corrected chi connectivity index (χ3v) is 2.47. The second-order valence-electron chi connectivity index (χ2n) is 4.34. The van der Waals surface area contributed by atoms with Crippen molar-refractivity contribution in [2.45, 2.75) is 0 Å². The van der Waals surface area contributed by atoms with E-state index in [1.807, 2.05) is 19.0 Å². The summed E-state index contributed by atoms with van der Waals surface area (Å²) in [6.07, 6.45) is 0. The van der Waals surface area contributed by atoms with Crippen molar-refractivity contribution in [3.63, 3.8) is 0 Å². The number of aromatic hydroxyl groups is 2. The van der Waals surface area contributed by atoms with Crippen LogP contribution < -0.4 is 5.32 Å². The fourth-order valence-electron chi connectivity index (χ4n) is 1.40. The zero-order chi connectivity index (χ0) is 14.3. The van der Waals surface area contributed by atoms with Crippen LogP contribution in [-0.4, -0.2) is 61.4 Å². The Kier molecular flexibility index (Phi) is 6.11. The summed E-state index contributed by atoms with van der Waals surface area (Å²) in [5.74, 6) is -1.16. The molecule has 3 N–H and O–H groups in total. The SMILES string of the molecule is CN(C)CCOCCNC(=O)c1cccc(O)c1O. The number of carbonyl (C=O) groups is 1. The Bertz CT molecular complexity index is 421. The van der Waals surface area contributed by atoms with Crippen LogP contribution in [-0.2, 0) is 4.74 Å². The van der Waals surface area contributed by atoms with Crippen LogP contribution >= 0.6 is 0 Å². The van der Waals surface area contributed by atoms with Crippen LogP contribution in [0.15, 0.2) is 18.2 Å². The van der Waals surface area contributed by atoms with E-state index < -0.39 is 11.7 Å². The van der Waals surface area contributed by atoms with Crippen LogP contribution in [0.1, 0.15) is 10.4 Å². The number of phenols is 2. The highest BCUT2D eigenvalue weighted by Gasteiger charge is 2.12. The Morgan fingerprint density at radius 2 is 2.05 bits per heavy atom. The van der Waals surface area contributed by atoms with E-state index in [0.717, 1.165) is 6.54 Å². The third kappa shape index (κ3) is 5.15. The maximum absolute atomic E-state index is 11.7.